The predicted octanol–water partition coefficient (Wildman–Crippen LogP) is 6.67. The number of aryl methyl sites for hydroxylation is 1. The van der Waals surface area contributed by atoms with Crippen LogP contribution in [-0.4, -0.2) is 53.1 Å². The van der Waals surface area contributed by atoms with E-state index in [1.807, 2.05) is 102 Å². The predicted molar refractivity (Wildman–Crippen MR) is 212 cm³/mol. The second-order valence-electron chi connectivity index (χ2n) is 14.0. The molecule has 7 rings (SSSR count). The lowest BCUT2D eigenvalue weighted by atomic mass is 9.90. The van der Waals surface area contributed by atoms with Gasteiger partial charge in [-0.1, -0.05) is 103 Å². The van der Waals surface area contributed by atoms with E-state index in [-0.39, 0.29) is 44.5 Å². The van der Waals surface area contributed by atoms with Crippen LogP contribution in [0.15, 0.2) is 127 Å². The van der Waals surface area contributed by atoms with E-state index in [9.17, 15) is 29.1 Å². The molecule has 5 aromatic rings. The van der Waals surface area contributed by atoms with Gasteiger partial charge in [-0.25, -0.2) is 0 Å². The third-order valence-electron chi connectivity index (χ3n) is 9.88. The van der Waals surface area contributed by atoms with Gasteiger partial charge in [-0.15, -0.1) is 11.3 Å². The lowest BCUT2D eigenvalue weighted by Gasteiger charge is -2.26. The molecule has 3 heterocycles. The number of ether oxygens (including phenoxy) is 1. The highest BCUT2D eigenvalue weighted by Crippen LogP contribution is 2.23. The number of amides is 2. The third kappa shape index (κ3) is 11.3. The molecule has 0 radical (unpaired) electrons. The second kappa shape index (κ2) is 18.9. The minimum Gasteiger partial charge on any atom is -0.486 e. The lowest BCUT2D eigenvalue weighted by Crippen LogP contribution is -2.54. The summed E-state index contributed by atoms with van der Waals surface area (Å²) in [7, 11) is 0. The van der Waals surface area contributed by atoms with Gasteiger partial charge in [-0.2, -0.15) is 0 Å². The molecule has 282 valence electrons. The molecule has 0 saturated heterocycles. The fourth-order valence-electron chi connectivity index (χ4n) is 6.80. The number of aliphatic carboxylic acids is 1. The molecule has 55 heavy (non-hydrogen) atoms. The van der Waals surface area contributed by atoms with Crippen molar-refractivity contribution in [1.29, 1.82) is 0 Å². The summed E-state index contributed by atoms with van der Waals surface area (Å²) in [4.78, 5) is 69.2. The third-order valence-corrected chi connectivity index (χ3v) is 10.8. The Bertz CT molecular complexity index is 2050. The van der Waals surface area contributed by atoms with Crippen molar-refractivity contribution < 1.29 is 33.8 Å². The largest absolute Gasteiger partial charge is 0.486 e. The Morgan fingerprint density at radius 1 is 0.673 bits per heavy atom. The average molecular weight is 757 g/mol. The minimum atomic E-state index is -1.13. The highest BCUT2D eigenvalue weighted by Gasteiger charge is 2.32. The van der Waals surface area contributed by atoms with Crippen molar-refractivity contribution in [2.75, 3.05) is 6.61 Å². The van der Waals surface area contributed by atoms with Crippen LogP contribution in [0.25, 0.3) is 11.1 Å². The number of carboxylic acids is 1. The van der Waals surface area contributed by atoms with Crippen molar-refractivity contribution in [3.05, 3.63) is 148 Å². The van der Waals surface area contributed by atoms with E-state index >= 15 is 0 Å². The molecule has 2 aliphatic heterocycles. The van der Waals surface area contributed by atoms with Crippen LogP contribution >= 0.6 is 11.3 Å². The Balaban J connectivity index is 1.33. The summed E-state index contributed by atoms with van der Waals surface area (Å²) < 4.78 is 5.77. The van der Waals surface area contributed by atoms with Crippen molar-refractivity contribution >= 4 is 40.7 Å². The van der Waals surface area contributed by atoms with E-state index in [0.29, 0.717) is 24.2 Å². The smallest absolute Gasteiger partial charge is 0.307 e. The first-order valence-electron chi connectivity index (χ1n) is 18.5. The quantitative estimate of drug-likeness (QED) is 0.153. The van der Waals surface area contributed by atoms with Gasteiger partial charge >= 0.3 is 5.97 Å². The number of fused-ring (bicyclic) bond motifs is 16. The molecule has 4 aromatic carbocycles. The molecule has 2 aliphatic rings. The summed E-state index contributed by atoms with van der Waals surface area (Å²) in [6.45, 7) is -0.263. The number of ketones is 2. The highest BCUT2D eigenvalue weighted by atomic mass is 32.1. The molecule has 1 aromatic heterocycles. The van der Waals surface area contributed by atoms with Crippen LogP contribution in [0, 0.1) is 11.8 Å². The van der Waals surface area contributed by atoms with E-state index in [1.165, 1.54) is 11.3 Å². The molecule has 0 aliphatic carbocycles. The monoisotopic (exact) mass is 756 g/mol. The first-order valence-corrected chi connectivity index (χ1v) is 19.4. The summed E-state index contributed by atoms with van der Waals surface area (Å²) in [5.41, 5.74) is 4.45. The van der Waals surface area contributed by atoms with Gasteiger partial charge < -0.3 is 20.5 Å². The number of nitrogens with one attached hydrogen (secondary N) is 2. The zero-order chi connectivity index (χ0) is 38.6. The van der Waals surface area contributed by atoms with Gasteiger partial charge in [0.1, 0.15) is 18.4 Å². The summed E-state index contributed by atoms with van der Waals surface area (Å²) in [5, 5.41) is 17.9. The summed E-state index contributed by atoms with van der Waals surface area (Å²) in [5.74, 6) is -4.27. The number of hydrogen-bond acceptors (Lipinski definition) is 7. The van der Waals surface area contributed by atoms with Gasteiger partial charge in [0.05, 0.1) is 12.0 Å². The second-order valence-corrected chi connectivity index (χ2v) is 15.0. The lowest BCUT2D eigenvalue weighted by molar-refractivity contribution is -0.144. The maximum atomic E-state index is 14.4. The van der Waals surface area contributed by atoms with E-state index < -0.39 is 47.5 Å². The zero-order valence-corrected chi connectivity index (χ0v) is 31.2. The Morgan fingerprint density at radius 2 is 1.35 bits per heavy atom. The highest BCUT2D eigenvalue weighted by molar-refractivity contribution is 7.09. The minimum absolute atomic E-state index is 0.0850. The van der Waals surface area contributed by atoms with Gasteiger partial charge in [-0.3, -0.25) is 24.0 Å². The number of rotatable bonds is 9. The van der Waals surface area contributed by atoms with Crippen LogP contribution in [0.1, 0.15) is 40.8 Å². The van der Waals surface area contributed by atoms with Crippen molar-refractivity contribution in [2.45, 2.75) is 57.0 Å². The standard InChI is InChI=1S/C45H44N2O7S/c48-37-26-35(27-39-12-7-23-55-39)43(50)47-41(25-32-13-18-34(19-14-32)33-10-5-2-6-11-33)44(51)46-40(22-17-30-8-3-1-4-9-30)42(49)28-36(45(52)53)24-31-15-20-38(21-16-31)54-29-37/h1-16,18-21,23,35-36,40-41H,17,22,24-29H2,(H,46,51)(H,47,50)(H,52,53)/t35-,36-,40-,41+/m0/s1. The topological polar surface area (TPSA) is 139 Å². The van der Waals surface area contributed by atoms with E-state index in [2.05, 4.69) is 10.6 Å². The van der Waals surface area contributed by atoms with Crippen molar-refractivity contribution in [1.82, 2.24) is 10.6 Å². The molecule has 10 heteroatoms. The van der Waals surface area contributed by atoms with Crippen LogP contribution in [0.5, 0.6) is 5.75 Å². The summed E-state index contributed by atoms with van der Waals surface area (Å²) in [6, 6.07) is 35.6. The van der Waals surface area contributed by atoms with Crippen molar-refractivity contribution in [3.63, 3.8) is 0 Å². The maximum Gasteiger partial charge on any atom is 0.307 e. The first kappa shape index (κ1) is 38.8. The van der Waals surface area contributed by atoms with Gasteiger partial charge in [0, 0.05) is 30.1 Å². The van der Waals surface area contributed by atoms with Gasteiger partial charge in [0.25, 0.3) is 0 Å². The van der Waals surface area contributed by atoms with Gasteiger partial charge in [0.15, 0.2) is 11.6 Å². The summed E-state index contributed by atoms with van der Waals surface area (Å²) in [6.07, 6.45) is 0.763. The van der Waals surface area contributed by atoms with Gasteiger partial charge in [-0.05, 0) is 77.1 Å². The molecule has 0 spiro atoms. The Kier molecular flexibility index (Phi) is 13.4. The first-order chi connectivity index (χ1) is 26.7. The van der Waals surface area contributed by atoms with Crippen LogP contribution in [0.3, 0.4) is 0 Å². The molecule has 0 fully saturated rings. The Hall–Kier alpha value is -5.87. The van der Waals surface area contributed by atoms with Crippen molar-refractivity contribution in [2.24, 2.45) is 11.8 Å². The number of carbonyl (C=O) groups excluding carboxylic acids is 4. The molecule has 0 unspecified atom stereocenters. The SMILES string of the molecule is O=C1COc2ccc(cc2)C[C@H](C(=O)O)CC(=O)[C@H](CCc2ccccc2)NC(=O)[C@@H](Cc2ccc(-c3ccccc3)cc2)NC(=O)[C@H](Cc2cccs2)C1. The Morgan fingerprint density at radius 3 is 2.02 bits per heavy atom. The molecule has 2 amide bonds. The number of hydrogen-bond donors (Lipinski definition) is 3. The molecule has 9 nitrogen and oxygen atoms in total. The fraction of sp³-hybridized carbons (Fsp3) is 0.267. The van der Waals surface area contributed by atoms with Crippen molar-refractivity contribution in [3.8, 4) is 16.9 Å². The van der Waals surface area contributed by atoms with Gasteiger partial charge in [0.2, 0.25) is 11.8 Å². The number of thiophene rings is 1. The zero-order valence-electron chi connectivity index (χ0n) is 30.4. The fourth-order valence-corrected chi connectivity index (χ4v) is 7.59. The van der Waals surface area contributed by atoms with Crippen LogP contribution in [0.4, 0.5) is 0 Å². The average Bonchev–Trinajstić information content (AvgIpc) is 3.72. The van der Waals surface area contributed by atoms with Crippen LogP contribution in [-0.2, 0) is 49.7 Å². The van der Waals surface area contributed by atoms with E-state index in [4.69, 9.17) is 4.74 Å². The molecular formula is C45H44N2O7S. The molecule has 2 bridgehead atoms. The molecule has 4 atom stereocenters. The number of carboxylic acid groups (broad SMARTS) is 1. The summed E-state index contributed by atoms with van der Waals surface area (Å²) >= 11 is 1.48. The number of benzene rings is 4. The normalized spacial score (nSPS) is 20.0. The van der Waals surface area contributed by atoms with E-state index in [0.717, 1.165) is 27.1 Å². The Labute approximate surface area is 324 Å². The van der Waals surface area contributed by atoms with Crippen LogP contribution in [0.2, 0.25) is 0 Å². The molecule has 3 N–H and O–H groups in total. The number of Topliss-reactive ketones (excluding diaryl/α,β-unsaturated/α-hetero) is 2. The maximum absolute atomic E-state index is 14.4. The molecule has 0 saturated carbocycles. The van der Waals surface area contributed by atoms with Crippen LogP contribution < -0.4 is 15.4 Å². The number of carbonyl (C=O) groups is 5. The molecular weight excluding hydrogens is 713 g/mol. The van der Waals surface area contributed by atoms with E-state index in [1.54, 1.807) is 24.3 Å².